The van der Waals surface area contributed by atoms with E-state index in [2.05, 4.69) is 16.0 Å². The molecule has 4 aliphatic rings. The zero-order valence-corrected chi connectivity index (χ0v) is 27.3. The number of halogens is 6. The predicted octanol–water partition coefficient (Wildman–Crippen LogP) is 6.99. The highest BCUT2D eigenvalue weighted by Crippen LogP contribution is 2.55. The fraction of sp³-hybridized carbons (Fsp3) is 0.455. The van der Waals surface area contributed by atoms with Gasteiger partial charge in [-0.2, -0.15) is 20.5 Å². The fourth-order valence-corrected chi connectivity index (χ4v) is 9.19. The average Bonchev–Trinajstić information content (AvgIpc) is 3.57. The summed E-state index contributed by atoms with van der Waals surface area (Å²) < 4.78 is 87.6. The number of nitrogens with zero attached hydrogens (tertiary/aromatic N) is 6. The summed E-state index contributed by atoms with van der Waals surface area (Å²) in [7, 11) is 0. The first-order valence-electron chi connectivity index (χ1n) is 15.7. The number of fused-ring (bicyclic) bond motifs is 2. The number of benzene rings is 2. The minimum atomic E-state index is -2.88. The molecule has 9 nitrogen and oxygen atoms in total. The van der Waals surface area contributed by atoms with Crippen LogP contribution in [0.5, 0.6) is 11.8 Å². The van der Waals surface area contributed by atoms with E-state index >= 15 is 4.39 Å². The molecule has 1 aliphatic carbocycles. The number of ether oxygens (including phenoxy) is 2. The summed E-state index contributed by atoms with van der Waals surface area (Å²) in [6, 6.07) is 5.33. The molecule has 0 amide bonds. The highest BCUT2D eigenvalue weighted by molar-refractivity contribution is 7.23. The van der Waals surface area contributed by atoms with Crippen LogP contribution in [0.1, 0.15) is 37.7 Å². The van der Waals surface area contributed by atoms with Crippen LogP contribution >= 0.6 is 22.9 Å². The first kappa shape index (κ1) is 32.0. The maximum Gasteiger partial charge on any atom is 0.319 e. The van der Waals surface area contributed by atoms with Gasteiger partial charge >= 0.3 is 6.01 Å². The van der Waals surface area contributed by atoms with E-state index in [0.717, 1.165) is 23.8 Å². The number of hydrogen-bond acceptors (Lipinski definition) is 10. The molecule has 3 fully saturated rings. The number of aromatic nitrogens is 2. The number of thiophene rings is 1. The Morgan fingerprint density at radius 1 is 1.18 bits per heavy atom. The van der Waals surface area contributed by atoms with Crippen LogP contribution in [0.3, 0.4) is 0 Å². The second kappa shape index (κ2) is 11.4. The lowest BCUT2D eigenvalue weighted by Gasteiger charge is -2.34. The lowest BCUT2D eigenvalue weighted by Crippen LogP contribution is -2.47. The van der Waals surface area contributed by atoms with Crippen LogP contribution < -0.4 is 20.1 Å². The number of alkyl halides is 3. The lowest BCUT2D eigenvalue weighted by molar-refractivity contribution is 0.107. The summed E-state index contributed by atoms with van der Waals surface area (Å²) in [5.74, 6) is -1.97. The third-order valence-electron chi connectivity index (χ3n) is 10.4. The average molecular weight is 716 g/mol. The Hall–Kier alpha value is -4.18. The Bertz CT molecular complexity index is 2130. The van der Waals surface area contributed by atoms with Crippen molar-refractivity contribution in [1.29, 1.82) is 10.5 Å². The molecule has 16 heteroatoms. The normalized spacial score (nSPS) is 24.1. The van der Waals surface area contributed by atoms with E-state index in [-0.39, 0.29) is 91.5 Å². The highest BCUT2D eigenvalue weighted by Gasteiger charge is 2.55. The van der Waals surface area contributed by atoms with Gasteiger partial charge in [-0.1, -0.05) is 17.7 Å². The molecule has 5 heterocycles. The van der Waals surface area contributed by atoms with Crippen LogP contribution in [-0.4, -0.2) is 71.9 Å². The summed E-state index contributed by atoms with van der Waals surface area (Å²) in [5.41, 5.74) is 3.69. The molecule has 8 rings (SSSR count). The van der Waals surface area contributed by atoms with E-state index in [9.17, 15) is 28.1 Å². The topological polar surface area (TPSA) is 124 Å². The van der Waals surface area contributed by atoms with Gasteiger partial charge in [-0.3, -0.25) is 4.90 Å². The smallest absolute Gasteiger partial charge is 0.319 e. The zero-order valence-electron chi connectivity index (χ0n) is 25.7. The van der Waals surface area contributed by atoms with Crippen molar-refractivity contribution in [3.8, 4) is 35.0 Å². The monoisotopic (exact) mass is 715 g/mol. The van der Waals surface area contributed by atoms with Gasteiger partial charge in [-0.05, 0) is 43.9 Å². The van der Waals surface area contributed by atoms with E-state index in [0.29, 0.717) is 25.8 Å². The van der Waals surface area contributed by atoms with E-state index in [1.165, 1.54) is 11.0 Å². The van der Waals surface area contributed by atoms with Crippen LogP contribution in [0.4, 0.5) is 32.8 Å². The van der Waals surface area contributed by atoms with Crippen LogP contribution in [0, 0.1) is 39.7 Å². The number of nitriles is 2. The Labute approximate surface area is 285 Å². The van der Waals surface area contributed by atoms with Crippen molar-refractivity contribution >= 4 is 54.7 Å². The van der Waals surface area contributed by atoms with Gasteiger partial charge in [0.15, 0.2) is 11.6 Å². The number of nitrogen functional groups attached to an aromatic ring is 1. The molecule has 1 saturated carbocycles. The first-order chi connectivity index (χ1) is 23.5. The summed E-state index contributed by atoms with van der Waals surface area (Å²) in [5, 5.41) is 19.7. The van der Waals surface area contributed by atoms with Crippen molar-refractivity contribution in [3.63, 3.8) is 0 Å². The van der Waals surface area contributed by atoms with Gasteiger partial charge in [0.25, 0.3) is 6.43 Å². The zero-order chi connectivity index (χ0) is 34.4. The molecule has 49 heavy (non-hydrogen) atoms. The van der Waals surface area contributed by atoms with Crippen LogP contribution in [0.2, 0.25) is 5.02 Å². The van der Waals surface area contributed by atoms with Crippen LogP contribution in [0.25, 0.3) is 32.1 Å². The van der Waals surface area contributed by atoms with Gasteiger partial charge in [-0.15, -0.1) is 11.3 Å². The highest BCUT2D eigenvalue weighted by atomic mass is 35.5. The van der Waals surface area contributed by atoms with E-state index in [4.69, 9.17) is 26.8 Å². The summed E-state index contributed by atoms with van der Waals surface area (Å²) >= 11 is 7.77. The molecule has 2 saturated heterocycles. The van der Waals surface area contributed by atoms with E-state index in [1.54, 1.807) is 0 Å². The van der Waals surface area contributed by atoms with E-state index in [1.807, 2.05) is 11.0 Å². The fourth-order valence-electron chi connectivity index (χ4n) is 7.91. The van der Waals surface area contributed by atoms with Gasteiger partial charge < -0.3 is 20.1 Å². The van der Waals surface area contributed by atoms with Crippen molar-refractivity contribution in [1.82, 2.24) is 14.9 Å². The van der Waals surface area contributed by atoms with Gasteiger partial charge in [0.1, 0.15) is 47.6 Å². The maximum absolute atomic E-state index is 17.2. The second-order valence-corrected chi connectivity index (χ2v) is 14.6. The van der Waals surface area contributed by atoms with Crippen LogP contribution in [0.15, 0.2) is 12.1 Å². The van der Waals surface area contributed by atoms with Crippen LogP contribution in [-0.2, 0) is 0 Å². The number of rotatable bonds is 7. The molecule has 254 valence electrons. The Kier molecular flexibility index (Phi) is 7.48. The quantitative estimate of drug-likeness (QED) is 0.202. The van der Waals surface area contributed by atoms with Crippen molar-refractivity contribution in [3.05, 3.63) is 34.4 Å². The lowest BCUT2D eigenvalue weighted by atomic mass is 9.95. The molecule has 0 unspecified atom stereocenters. The molecular weight excluding hydrogens is 689 g/mol. The number of anilines is 2. The molecule has 0 spiro atoms. The molecule has 3 aliphatic heterocycles. The van der Waals surface area contributed by atoms with Crippen molar-refractivity contribution in [2.45, 2.75) is 56.3 Å². The van der Waals surface area contributed by atoms with Crippen molar-refractivity contribution in [2.24, 2.45) is 5.41 Å². The minimum Gasteiger partial charge on any atom is -0.489 e. The molecular formula is C33H27ClF5N7O2S. The summed E-state index contributed by atoms with van der Waals surface area (Å²) in [6.07, 6.45) is -1.35. The van der Waals surface area contributed by atoms with Gasteiger partial charge in [0.05, 0.1) is 50.3 Å². The number of nitrogens with two attached hydrogens (primary N) is 1. The van der Waals surface area contributed by atoms with Crippen molar-refractivity contribution < 1.29 is 31.4 Å². The second-order valence-electron chi connectivity index (χ2n) is 13.1. The Morgan fingerprint density at radius 2 is 1.98 bits per heavy atom. The van der Waals surface area contributed by atoms with E-state index < -0.39 is 47.8 Å². The SMILES string of the molecule is N#Cc1c(N)sc2c(F)ccc(-c3c(Cl)c4c5c(nc(OC[C@@]67CCCN6C[C@H](F)C7)nc5c3F)N(CC(F)F)[C@H](C3(C#N)CC3)CO4)c12. The Morgan fingerprint density at radius 3 is 2.69 bits per heavy atom. The largest absolute Gasteiger partial charge is 0.489 e. The first-order valence-corrected chi connectivity index (χ1v) is 16.9. The minimum absolute atomic E-state index is 0.0114. The molecule has 2 N–H and O–H groups in total. The van der Waals surface area contributed by atoms with Gasteiger partial charge in [-0.25, -0.2) is 22.0 Å². The molecule has 2 aromatic carbocycles. The Balaban J connectivity index is 1.37. The third-order valence-corrected chi connectivity index (χ3v) is 11.8. The molecule has 0 bridgehead atoms. The summed E-state index contributed by atoms with van der Waals surface area (Å²) in [4.78, 5) is 12.2. The van der Waals surface area contributed by atoms with Crippen molar-refractivity contribution in [2.75, 3.05) is 43.5 Å². The molecule has 3 atom stereocenters. The molecule has 0 radical (unpaired) electrons. The molecule has 2 aromatic heterocycles. The van der Waals surface area contributed by atoms with Gasteiger partial charge in [0, 0.05) is 23.9 Å². The van der Waals surface area contributed by atoms with Gasteiger partial charge in [0.2, 0.25) is 0 Å². The molecule has 4 aromatic rings. The number of hydrogen-bond donors (Lipinski definition) is 1. The summed E-state index contributed by atoms with van der Waals surface area (Å²) in [6.45, 7) is -0.203. The maximum atomic E-state index is 17.2. The third kappa shape index (κ3) is 4.84. The standard InChI is InChI=1S/C33H27ClF5N7O2S/c34-24-22(16-2-3-18(36)28-21(16)17(9-40)29(42)49-28)25(39)26-23-27(24)47-12-19(32(13-41)5-6-32)46(11-20(37)38)30(23)44-31(43-26)48-14-33-4-1-7-45(33)10-15(35)8-33/h2-3,15,19-20H,1,4-8,10-12,14,42H2/t15-,19+,33+/m1/s1. The predicted molar refractivity (Wildman–Crippen MR) is 173 cm³/mol.